The topological polar surface area (TPSA) is 126 Å². The highest BCUT2D eigenvalue weighted by Crippen LogP contribution is 2.31. The number of rotatable bonds is 5. The number of nitrogens with two attached hydrogens (primary N) is 1. The van der Waals surface area contributed by atoms with Crippen LogP contribution in [0.2, 0.25) is 10.0 Å². The van der Waals surface area contributed by atoms with E-state index < -0.39 is 0 Å². The van der Waals surface area contributed by atoms with Gasteiger partial charge in [-0.15, -0.1) is 11.3 Å². The summed E-state index contributed by atoms with van der Waals surface area (Å²) >= 11 is 13.5. The molecule has 12 heteroatoms. The summed E-state index contributed by atoms with van der Waals surface area (Å²) in [6, 6.07) is 10.4. The smallest absolute Gasteiger partial charge is 0.410 e. The van der Waals surface area contributed by atoms with Gasteiger partial charge in [0.05, 0.1) is 10.5 Å². The number of carbonyl (C=O) groups is 2. The Morgan fingerprint density at radius 3 is 2.67 bits per heavy atom. The molecule has 4 N–H and O–H groups in total. The minimum atomic E-state index is -0.375. The lowest BCUT2D eigenvalue weighted by Crippen LogP contribution is -2.38. The van der Waals surface area contributed by atoms with Crippen LogP contribution < -0.4 is 11.1 Å². The molecule has 186 valence electrons. The van der Waals surface area contributed by atoms with Crippen LogP contribution in [-0.4, -0.2) is 45.2 Å². The number of H-pyrrole nitrogens is 1. The van der Waals surface area contributed by atoms with Gasteiger partial charge in [-0.3, -0.25) is 9.89 Å². The molecule has 1 saturated heterocycles. The molecule has 0 radical (unpaired) electrons. The third kappa shape index (κ3) is 5.40. The Labute approximate surface area is 220 Å². The average Bonchev–Trinajstić information content (AvgIpc) is 3.49. The molecule has 0 saturated carbocycles. The second kappa shape index (κ2) is 10.3. The van der Waals surface area contributed by atoms with Gasteiger partial charge in [-0.1, -0.05) is 23.2 Å². The molecule has 5 rings (SSSR count). The van der Waals surface area contributed by atoms with E-state index in [0.29, 0.717) is 40.3 Å². The van der Waals surface area contributed by atoms with Crippen LogP contribution in [-0.2, 0) is 11.3 Å². The van der Waals surface area contributed by atoms with Gasteiger partial charge in [-0.25, -0.2) is 9.78 Å². The van der Waals surface area contributed by atoms with Gasteiger partial charge in [0.25, 0.3) is 5.91 Å². The fraction of sp³-hybridized carbons (Fsp3) is 0.250. The fourth-order valence-electron chi connectivity index (χ4n) is 4.13. The van der Waals surface area contributed by atoms with Crippen LogP contribution >= 0.6 is 34.5 Å². The zero-order valence-electron chi connectivity index (χ0n) is 19.0. The second-order valence-corrected chi connectivity index (χ2v) is 10.3. The van der Waals surface area contributed by atoms with E-state index in [-0.39, 0.29) is 24.5 Å². The minimum Gasteiger partial charge on any atom is -0.445 e. The maximum atomic E-state index is 12.7. The molecule has 1 fully saturated rings. The fourth-order valence-corrected chi connectivity index (χ4v) is 5.68. The number of carbonyl (C=O) groups excluding carboxylic acids is 2. The standard InChI is InChI=1S/C24H22Cl2N6O3S/c25-15-7-13(8-16(26)9-15)11-35-24(34)32-5-3-14(4-6-32)23-29-20(12-36-23)22(33)28-17-1-2-18-19(10-17)30-31-21(18)27/h1-2,7-10,12,14H,3-6,11H2,(H,28,33)(H3,27,30,31). The summed E-state index contributed by atoms with van der Waals surface area (Å²) in [6.45, 7) is 1.20. The molecule has 4 aromatic rings. The second-order valence-electron chi connectivity index (χ2n) is 8.49. The van der Waals surface area contributed by atoms with Crippen molar-refractivity contribution in [2.75, 3.05) is 24.1 Å². The maximum Gasteiger partial charge on any atom is 0.410 e. The number of thiazole rings is 1. The van der Waals surface area contributed by atoms with Crippen molar-refractivity contribution in [2.45, 2.75) is 25.4 Å². The highest BCUT2D eigenvalue weighted by atomic mass is 35.5. The number of nitrogen functional groups attached to an aromatic ring is 1. The summed E-state index contributed by atoms with van der Waals surface area (Å²) in [5, 5.41) is 14.1. The average molecular weight is 545 g/mol. The molecule has 1 aliphatic rings. The molecule has 36 heavy (non-hydrogen) atoms. The first-order valence-corrected chi connectivity index (χ1v) is 12.9. The summed E-state index contributed by atoms with van der Waals surface area (Å²) in [5.74, 6) is 0.306. The molecule has 3 heterocycles. The van der Waals surface area contributed by atoms with Crippen molar-refractivity contribution in [3.05, 3.63) is 68.1 Å². The van der Waals surface area contributed by atoms with E-state index in [1.54, 1.807) is 46.7 Å². The third-order valence-corrected chi connectivity index (χ3v) is 7.44. The van der Waals surface area contributed by atoms with E-state index in [9.17, 15) is 9.59 Å². The molecule has 0 atom stereocenters. The van der Waals surface area contributed by atoms with E-state index in [1.807, 2.05) is 0 Å². The van der Waals surface area contributed by atoms with Crippen molar-refractivity contribution < 1.29 is 14.3 Å². The number of halogens is 2. The molecule has 0 aliphatic carbocycles. The molecule has 0 unspecified atom stereocenters. The van der Waals surface area contributed by atoms with E-state index in [2.05, 4.69) is 20.5 Å². The first kappa shape index (κ1) is 24.4. The number of anilines is 2. The van der Waals surface area contributed by atoms with E-state index >= 15 is 0 Å². The van der Waals surface area contributed by atoms with Crippen LogP contribution in [0.15, 0.2) is 41.8 Å². The number of piperidine rings is 1. The lowest BCUT2D eigenvalue weighted by molar-refractivity contribution is 0.0870. The SMILES string of the molecule is Nc1n[nH]c2cc(NC(=O)c3csc(C4CCN(C(=O)OCc5cc(Cl)cc(Cl)c5)CC4)n3)ccc12. The number of aromatic nitrogens is 3. The number of aromatic amines is 1. The van der Waals surface area contributed by atoms with E-state index in [0.717, 1.165) is 34.3 Å². The number of hydrogen-bond donors (Lipinski definition) is 3. The van der Waals surface area contributed by atoms with Gasteiger partial charge in [-0.05, 0) is 54.8 Å². The first-order valence-electron chi connectivity index (χ1n) is 11.2. The summed E-state index contributed by atoms with van der Waals surface area (Å²) < 4.78 is 5.43. The number of hydrogen-bond acceptors (Lipinski definition) is 7. The van der Waals surface area contributed by atoms with Gasteiger partial charge < -0.3 is 20.7 Å². The number of nitrogens with one attached hydrogen (secondary N) is 2. The molecule has 2 aromatic heterocycles. The summed E-state index contributed by atoms with van der Waals surface area (Å²) in [7, 11) is 0. The predicted octanol–water partition coefficient (Wildman–Crippen LogP) is 5.68. The normalized spacial score (nSPS) is 14.2. The maximum absolute atomic E-state index is 12.7. The Hall–Kier alpha value is -3.34. The van der Waals surface area contributed by atoms with Crippen LogP contribution in [0.5, 0.6) is 0 Å². The highest BCUT2D eigenvalue weighted by Gasteiger charge is 2.27. The molecule has 9 nitrogen and oxygen atoms in total. The van der Waals surface area contributed by atoms with Crippen LogP contribution in [0.25, 0.3) is 10.9 Å². The van der Waals surface area contributed by atoms with Crippen molar-refractivity contribution >= 4 is 68.9 Å². The van der Waals surface area contributed by atoms with Crippen LogP contribution in [0.4, 0.5) is 16.3 Å². The predicted molar refractivity (Wildman–Crippen MR) is 141 cm³/mol. The molecule has 1 aliphatic heterocycles. The third-order valence-electron chi connectivity index (χ3n) is 5.99. The van der Waals surface area contributed by atoms with Gasteiger partial charge in [0.2, 0.25) is 0 Å². The zero-order valence-corrected chi connectivity index (χ0v) is 21.3. The van der Waals surface area contributed by atoms with Crippen LogP contribution in [0.1, 0.15) is 39.8 Å². The summed E-state index contributed by atoms with van der Waals surface area (Å²) in [5.41, 5.74) is 8.25. The molecular weight excluding hydrogens is 523 g/mol. The number of benzene rings is 2. The lowest BCUT2D eigenvalue weighted by atomic mass is 9.98. The molecule has 0 spiro atoms. The van der Waals surface area contributed by atoms with Gasteiger partial charge in [0.15, 0.2) is 5.82 Å². The minimum absolute atomic E-state index is 0.102. The molecular formula is C24H22Cl2N6O3S. The van der Waals surface area contributed by atoms with Crippen molar-refractivity contribution in [2.24, 2.45) is 0 Å². The largest absolute Gasteiger partial charge is 0.445 e. The first-order chi connectivity index (χ1) is 17.4. The van der Waals surface area contributed by atoms with Gasteiger partial charge in [0, 0.05) is 45.5 Å². The lowest BCUT2D eigenvalue weighted by Gasteiger charge is -2.30. The van der Waals surface area contributed by atoms with Crippen molar-refractivity contribution in [1.29, 1.82) is 0 Å². The summed E-state index contributed by atoms with van der Waals surface area (Å²) in [4.78, 5) is 31.5. The van der Waals surface area contributed by atoms with Gasteiger partial charge in [0.1, 0.15) is 12.3 Å². The molecule has 2 amide bonds. The Morgan fingerprint density at radius 2 is 1.92 bits per heavy atom. The number of amides is 2. The van der Waals surface area contributed by atoms with Crippen molar-refractivity contribution in [1.82, 2.24) is 20.1 Å². The quantitative estimate of drug-likeness (QED) is 0.296. The van der Waals surface area contributed by atoms with Crippen molar-refractivity contribution in [3.8, 4) is 0 Å². The monoisotopic (exact) mass is 544 g/mol. The van der Waals surface area contributed by atoms with Crippen LogP contribution in [0.3, 0.4) is 0 Å². The number of likely N-dealkylation sites (tertiary alicyclic amines) is 1. The Kier molecular flexibility index (Phi) is 6.99. The zero-order chi connectivity index (χ0) is 25.2. The highest BCUT2D eigenvalue weighted by molar-refractivity contribution is 7.10. The van der Waals surface area contributed by atoms with Gasteiger partial charge in [-0.2, -0.15) is 5.10 Å². The number of nitrogens with zero attached hydrogens (tertiary/aromatic N) is 3. The Morgan fingerprint density at radius 1 is 1.17 bits per heavy atom. The molecule has 2 aromatic carbocycles. The summed E-state index contributed by atoms with van der Waals surface area (Å²) in [6.07, 6.45) is 1.11. The van der Waals surface area contributed by atoms with Crippen molar-refractivity contribution in [3.63, 3.8) is 0 Å². The number of ether oxygens (including phenoxy) is 1. The Bertz CT molecular complexity index is 1410. The van der Waals surface area contributed by atoms with E-state index in [1.165, 1.54) is 11.3 Å². The van der Waals surface area contributed by atoms with Crippen LogP contribution in [0, 0.1) is 0 Å². The molecule has 0 bridgehead atoms. The van der Waals surface area contributed by atoms with E-state index in [4.69, 9.17) is 33.7 Å². The Balaban J connectivity index is 1.13. The number of fused-ring (bicyclic) bond motifs is 1. The van der Waals surface area contributed by atoms with Gasteiger partial charge >= 0.3 is 6.09 Å².